The maximum Gasteiger partial charge on any atom is 0.317 e. The standard InChI is InChI=1S/C11H14N2O2/c1-8-3-4-11(7-8,10(14)15)9-12-5-2-6-13-9/h2,5-6,8H,3-4,7H2,1H3,(H,14,15). The highest BCUT2D eigenvalue weighted by atomic mass is 16.4. The minimum absolute atomic E-state index is 0.435. The van der Waals surface area contributed by atoms with Gasteiger partial charge < -0.3 is 5.11 Å². The van der Waals surface area contributed by atoms with Gasteiger partial charge in [0.1, 0.15) is 11.2 Å². The van der Waals surface area contributed by atoms with Crippen molar-refractivity contribution >= 4 is 5.97 Å². The number of carbonyl (C=O) groups is 1. The van der Waals surface area contributed by atoms with Crippen LogP contribution in [0.2, 0.25) is 0 Å². The number of aliphatic carboxylic acids is 1. The summed E-state index contributed by atoms with van der Waals surface area (Å²) in [5.74, 6) is 0.102. The number of aromatic nitrogens is 2. The second kappa shape index (κ2) is 3.61. The summed E-state index contributed by atoms with van der Waals surface area (Å²) in [6, 6.07) is 1.71. The molecule has 2 unspecified atom stereocenters. The summed E-state index contributed by atoms with van der Waals surface area (Å²) < 4.78 is 0. The van der Waals surface area contributed by atoms with Gasteiger partial charge in [0, 0.05) is 12.4 Å². The van der Waals surface area contributed by atoms with Crippen LogP contribution < -0.4 is 0 Å². The Bertz CT molecular complexity index is 366. The van der Waals surface area contributed by atoms with Crippen LogP contribution in [0, 0.1) is 5.92 Å². The van der Waals surface area contributed by atoms with E-state index in [1.807, 2.05) is 0 Å². The van der Waals surface area contributed by atoms with Crippen molar-refractivity contribution in [3.63, 3.8) is 0 Å². The molecular formula is C11H14N2O2. The topological polar surface area (TPSA) is 63.1 Å². The van der Waals surface area contributed by atoms with Gasteiger partial charge in [-0.1, -0.05) is 6.92 Å². The van der Waals surface area contributed by atoms with Gasteiger partial charge in [0.05, 0.1) is 0 Å². The smallest absolute Gasteiger partial charge is 0.317 e. The van der Waals surface area contributed by atoms with Gasteiger partial charge in [-0.2, -0.15) is 0 Å². The molecule has 0 aliphatic heterocycles. The van der Waals surface area contributed by atoms with Gasteiger partial charge in [-0.3, -0.25) is 4.79 Å². The Morgan fingerprint density at radius 1 is 1.53 bits per heavy atom. The summed E-state index contributed by atoms with van der Waals surface area (Å²) in [7, 11) is 0. The van der Waals surface area contributed by atoms with Gasteiger partial charge >= 0.3 is 5.97 Å². The van der Waals surface area contributed by atoms with Crippen molar-refractivity contribution in [3.05, 3.63) is 24.3 Å². The molecule has 0 aromatic carbocycles. The fourth-order valence-electron chi connectivity index (χ4n) is 2.33. The number of hydrogen-bond donors (Lipinski definition) is 1. The Morgan fingerprint density at radius 2 is 2.20 bits per heavy atom. The molecule has 1 aliphatic carbocycles. The van der Waals surface area contributed by atoms with Crippen molar-refractivity contribution in [1.29, 1.82) is 0 Å². The maximum absolute atomic E-state index is 11.4. The van der Waals surface area contributed by atoms with Gasteiger partial charge in [0.15, 0.2) is 0 Å². The first-order valence-electron chi connectivity index (χ1n) is 5.16. The minimum Gasteiger partial charge on any atom is -0.480 e. The molecular weight excluding hydrogens is 192 g/mol. The number of nitrogens with zero attached hydrogens (tertiary/aromatic N) is 2. The first-order valence-corrected chi connectivity index (χ1v) is 5.16. The molecule has 2 atom stereocenters. The number of carboxylic acids is 1. The van der Waals surface area contributed by atoms with Crippen molar-refractivity contribution in [2.24, 2.45) is 5.92 Å². The normalized spacial score (nSPS) is 30.3. The molecule has 1 aliphatic rings. The third kappa shape index (κ3) is 1.60. The molecule has 1 aromatic rings. The lowest BCUT2D eigenvalue weighted by molar-refractivity contribution is -0.144. The Morgan fingerprint density at radius 3 is 2.67 bits per heavy atom. The summed E-state index contributed by atoms with van der Waals surface area (Å²) in [6.07, 6.45) is 5.44. The summed E-state index contributed by atoms with van der Waals surface area (Å²) in [5, 5.41) is 9.35. The molecule has 0 radical (unpaired) electrons. The van der Waals surface area contributed by atoms with E-state index in [4.69, 9.17) is 0 Å². The minimum atomic E-state index is -0.847. The molecule has 4 heteroatoms. The summed E-state index contributed by atoms with van der Waals surface area (Å²) >= 11 is 0. The van der Waals surface area contributed by atoms with Crippen LogP contribution in [0.15, 0.2) is 18.5 Å². The van der Waals surface area contributed by atoms with Crippen molar-refractivity contribution in [1.82, 2.24) is 9.97 Å². The van der Waals surface area contributed by atoms with E-state index < -0.39 is 11.4 Å². The van der Waals surface area contributed by atoms with Crippen LogP contribution in [0.5, 0.6) is 0 Å². The zero-order valence-corrected chi connectivity index (χ0v) is 8.68. The molecule has 1 aromatic heterocycles. The van der Waals surface area contributed by atoms with Crippen LogP contribution in [0.4, 0.5) is 0 Å². The van der Waals surface area contributed by atoms with E-state index in [1.165, 1.54) is 0 Å². The molecule has 1 saturated carbocycles. The lowest BCUT2D eigenvalue weighted by Gasteiger charge is -2.21. The lowest BCUT2D eigenvalue weighted by atomic mass is 9.84. The molecule has 1 fully saturated rings. The third-order valence-corrected chi connectivity index (χ3v) is 3.16. The Kier molecular flexibility index (Phi) is 2.42. The van der Waals surface area contributed by atoms with Crippen LogP contribution in [0.1, 0.15) is 32.0 Å². The van der Waals surface area contributed by atoms with E-state index in [9.17, 15) is 9.90 Å². The number of rotatable bonds is 2. The average molecular weight is 206 g/mol. The fourth-order valence-corrected chi connectivity index (χ4v) is 2.33. The Labute approximate surface area is 88.4 Å². The quantitative estimate of drug-likeness (QED) is 0.798. The second-order valence-corrected chi connectivity index (χ2v) is 4.31. The van der Waals surface area contributed by atoms with Crippen LogP contribution in [0.3, 0.4) is 0 Å². The zero-order valence-electron chi connectivity index (χ0n) is 8.68. The average Bonchev–Trinajstić information content (AvgIpc) is 2.63. The highest BCUT2D eigenvalue weighted by molar-refractivity contribution is 5.80. The van der Waals surface area contributed by atoms with Crippen LogP contribution in [-0.2, 0) is 10.2 Å². The number of hydrogen-bond acceptors (Lipinski definition) is 3. The largest absolute Gasteiger partial charge is 0.480 e. The molecule has 1 heterocycles. The van der Waals surface area contributed by atoms with Crippen molar-refractivity contribution in [2.75, 3.05) is 0 Å². The van der Waals surface area contributed by atoms with E-state index >= 15 is 0 Å². The van der Waals surface area contributed by atoms with Crippen LogP contribution in [-0.4, -0.2) is 21.0 Å². The fraction of sp³-hybridized carbons (Fsp3) is 0.545. The van der Waals surface area contributed by atoms with Crippen molar-refractivity contribution in [3.8, 4) is 0 Å². The van der Waals surface area contributed by atoms with Gasteiger partial charge in [0.2, 0.25) is 0 Å². The van der Waals surface area contributed by atoms with Gasteiger partial charge in [-0.25, -0.2) is 9.97 Å². The third-order valence-electron chi connectivity index (χ3n) is 3.16. The molecule has 0 spiro atoms. The van der Waals surface area contributed by atoms with E-state index in [1.54, 1.807) is 18.5 Å². The predicted octanol–water partition coefficient (Wildman–Crippen LogP) is 1.62. The summed E-state index contributed by atoms with van der Waals surface area (Å²) in [4.78, 5) is 19.6. The molecule has 80 valence electrons. The predicted molar refractivity (Wildman–Crippen MR) is 54.4 cm³/mol. The second-order valence-electron chi connectivity index (χ2n) is 4.31. The van der Waals surface area contributed by atoms with Crippen LogP contribution >= 0.6 is 0 Å². The molecule has 2 rings (SSSR count). The van der Waals surface area contributed by atoms with E-state index in [0.717, 1.165) is 6.42 Å². The Hall–Kier alpha value is -1.45. The molecule has 0 amide bonds. The van der Waals surface area contributed by atoms with Gasteiger partial charge in [-0.05, 0) is 31.2 Å². The van der Waals surface area contributed by atoms with Crippen LogP contribution in [0.25, 0.3) is 0 Å². The van der Waals surface area contributed by atoms with Gasteiger partial charge in [-0.15, -0.1) is 0 Å². The van der Waals surface area contributed by atoms with Gasteiger partial charge in [0.25, 0.3) is 0 Å². The molecule has 15 heavy (non-hydrogen) atoms. The SMILES string of the molecule is CC1CCC(C(=O)O)(c2ncccn2)C1. The molecule has 4 nitrogen and oxygen atoms in total. The van der Waals surface area contributed by atoms with E-state index in [2.05, 4.69) is 16.9 Å². The monoisotopic (exact) mass is 206 g/mol. The van der Waals surface area contributed by atoms with Crippen molar-refractivity contribution < 1.29 is 9.90 Å². The lowest BCUT2D eigenvalue weighted by Crippen LogP contribution is -2.35. The molecule has 0 bridgehead atoms. The molecule has 0 saturated heterocycles. The zero-order chi connectivity index (χ0) is 10.9. The Balaban J connectivity index is 2.41. The highest BCUT2D eigenvalue weighted by Crippen LogP contribution is 2.42. The maximum atomic E-state index is 11.4. The number of carboxylic acid groups (broad SMARTS) is 1. The first kappa shape index (κ1) is 10.1. The van der Waals surface area contributed by atoms with E-state index in [-0.39, 0.29) is 0 Å². The highest BCUT2D eigenvalue weighted by Gasteiger charge is 2.47. The van der Waals surface area contributed by atoms with Crippen molar-refractivity contribution in [2.45, 2.75) is 31.6 Å². The molecule has 1 N–H and O–H groups in total. The summed E-state index contributed by atoms with van der Waals surface area (Å²) in [5.41, 5.74) is -0.847. The summed E-state index contributed by atoms with van der Waals surface area (Å²) in [6.45, 7) is 2.08. The van der Waals surface area contributed by atoms with E-state index in [0.29, 0.717) is 24.6 Å². The first-order chi connectivity index (χ1) is 7.15.